The van der Waals surface area contributed by atoms with Gasteiger partial charge in [-0.15, -0.1) is 5.10 Å². The van der Waals surface area contributed by atoms with Crippen LogP contribution in [0.4, 0.5) is 5.69 Å². The highest BCUT2D eigenvalue weighted by Gasteiger charge is 2.27. The average molecular weight is 353 g/mol. The van der Waals surface area contributed by atoms with Crippen molar-refractivity contribution in [3.63, 3.8) is 0 Å². The van der Waals surface area contributed by atoms with Crippen LogP contribution in [0.1, 0.15) is 0 Å². The third-order valence-corrected chi connectivity index (χ3v) is 3.63. The monoisotopic (exact) mass is 353 g/mol. The predicted molar refractivity (Wildman–Crippen MR) is 91.0 cm³/mol. The highest BCUT2D eigenvalue weighted by molar-refractivity contribution is 6.05. The van der Waals surface area contributed by atoms with E-state index in [1.807, 2.05) is 0 Å². The molecule has 9 nitrogen and oxygen atoms in total. The maximum Gasteiger partial charge on any atom is 0.355 e. The first-order chi connectivity index (χ1) is 12.7. The lowest BCUT2D eigenvalue weighted by atomic mass is 10.1. The van der Waals surface area contributed by atoms with E-state index in [0.29, 0.717) is 5.69 Å². The van der Waals surface area contributed by atoms with E-state index in [-0.39, 0.29) is 11.3 Å². The molecule has 2 heterocycles. The first kappa shape index (κ1) is 17.1. The van der Waals surface area contributed by atoms with Gasteiger partial charge in [0.2, 0.25) is 0 Å². The zero-order valence-electron chi connectivity index (χ0n) is 14.1. The number of ether oxygens (including phenoxy) is 2. The number of carbonyl (C=O) groups is 2. The quantitative estimate of drug-likeness (QED) is 0.755. The molecule has 1 aliphatic heterocycles. The molecule has 0 saturated heterocycles. The highest BCUT2D eigenvalue weighted by Crippen LogP contribution is 2.27. The topological polar surface area (TPSA) is 99.4 Å². The molecule has 1 aromatic carbocycles. The summed E-state index contributed by atoms with van der Waals surface area (Å²) in [7, 11) is 2.50. The van der Waals surface area contributed by atoms with Gasteiger partial charge in [0.15, 0.2) is 0 Å². The molecule has 0 spiro atoms. The molecule has 3 rings (SSSR count). The van der Waals surface area contributed by atoms with E-state index in [9.17, 15) is 9.59 Å². The van der Waals surface area contributed by atoms with Gasteiger partial charge in [0.1, 0.15) is 12.0 Å². The van der Waals surface area contributed by atoms with Crippen molar-refractivity contribution in [3.8, 4) is 5.69 Å². The van der Waals surface area contributed by atoms with Crippen LogP contribution in [0.15, 0.2) is 66.3 Å². The molecule has 9 heteroatoms. The summed E-state index contributed by atoms with van der Waals surface area (Å²) in [6.07, 6.45) is 7.98. The van der Waals surface area contributed by atoms with Crippen molar-refractivity contribution in [2.75, 3.05) is 19.1 Å². The Kier molecular flexibility index (Phi) is 4.88. The second-order valence-corrected chi connectivity index (χ2v) is 5.09. The molecule has 0 amide bonds. The smallest absolute Gasteiger partial charge is 0.355 e. The van der Waals surface area contributed by atoms with Gasteiger partial charge in [-0.2, -0.15) is 0 Å². The second-order valence-electron chi connectivity index (χ2n) is 5.09. The molecule has 0 N–H and O–H groups in total. The van der Waals surface area contributed by atoms with Crippen LogP contribution >= 0.6 is 0 Å². The van der Waals surface area contributed by atoms with Crippen LogP contribution in [-0.2, 0) is 19.1 Å². The van der Waals surface area contributed by atoms with Crippen molar-refractivity contribution in [2.24, 2.45) is 0 Å². The molecular weight excluding hydrogens is 338 g/mol. The van der Waals surface area contributed by atoms with Crippen LogP contribution in [0.2, 0.25) is 0 Å². The lowest BCUT2D eigenvalue weighted by Gasteiger charge is -2.23. The van der Waals surface area contributed by atoms with Crippen molar-refractivity contribution in [3.05, 3.63) is 66.3 Å². The van der Waals surface area contributed by atoms with Gasteiger partial charge in [0.25, 0.3) is 0 Å². The molecule has 26 heavy (non-hydrogen) atoms. The first-order valence-corrected chi connectivity index (χ1v) is 7.54. The zero-order valence-corrected chi connectivity index (χ0v) is 14.1. The normalized spacial score (nSPS) is 13.5. The summed E-state index contributed by atoms with van der Waals surface area (Å²) >= 11 is 0. The summed E-state index contributed by atoms with van der Waals surface area (Å²) in [6.45, 7) is 0. The predicted octanol–water partition coefficient (Wildman–Crippen LogP) is 1.15. The van der Waals surface area contributed by atoms with Crippen molar-refractivity contribution in [1.29, 1.82) is 0 Å². The van der Waals surface area contributed by atoms with E-state index in [2.05, 4.69) is 15.5 Å². The van der Waals surface area contributed by atoms with E-state index in [0.717, 1.165) is 5.69 Å². The van der Waals surface area contributed by atoms with E-state index in [4.69, 9.17) is 9.47 Å². The third kappa shape index (κ3) is 3.22. The molecule has 0 fully saturated rings. The molecular formula is C17H15N5O4. The number of aromatic nitrogens is 4. The Bertz CT molecular complexity index is 898. The molecule has 1 aromatic heterocycles. The Balaban J connectivity index is 2.06. The van der Waals surface area contributed by atoms with Crippen LogP contribution in [0.25, 0.3) is 5.69 Å². The van der Waals surface area contributed by atoms with Crippen molar-refractivity contribution < 1.29 is 19.1 Å². The second kappa shape index (κ2) is 7.43. The molecule has 1 aliphatic rings. The Hall–Kier alpha value is -3.75. The number of anilines is 1. The number of carbonyl (C=O) groups excluding carboxylic acids is 2. The number of nitrogens with zero attached hydrogens (tertiary/aromatic N) is 5. The van der Waals surface area contributed by atoms with Crippen molar-refractivity contribution >= 4 is 17.6 Å². The Morgan fingerprint density at radius 2 is 1.65 bits per heavy atom. The minimum absolute atomic E-state index is 0.0551. The van der Waals surface area contributed by atoms with Crippen LogP contribution < -0.4 is 4.90 Å². The van der Waals surface area contributed by atoms with Gasteiger partial charge >= 0.3 is 11.9 Å². The maximum atomic E-state index is 12.4. The van der Waals surface area contributed by atoms with Crippen LogP contribution in [0.3, 0.4) is 0 Å². The summed E-state index contributed by atoms with van der Waals surface area (Å²) in [4.78, 5) is 26.0. The SMILES string of the molecule is COC(=O)C1=C(C(=O)OC)N(c2ccc(-n3cnnn3)cc2)C=CC=C1. The van der Waals surface area contributed by atoms with Gasteiger partial charge in [-0.1, -0.05) is 6.08 Å². The lowest BCUT2D eigenvalue weighted by molar-refractivity contribution is -0.139. The Morgan fingerprint density at radius 1 is 0.962 bits per heavy atom. The minimum atomic E-state index is -0.661. The van der Waals surface area contributed by atoms with Crippen LogP contribution in [0.5, 0.6) is 0 Å². The van der Waals surface area contributed by atoms with Gasteiger partial charge in [0.05, 0.1) is 25.5 Å². The molecule has 0 bridgehead atoms. The van der Waals surface area contributed by atoms with Gasteiger partial charge in [-0.3, -0.25) is 0 Å². The summed E-state index contributed by atoms with van der Waals surface area (Å²) < 4.78 is 11.1. The highest BCUT2D eigenvalue weighted by atomic mass is 16.5. The first-order valence-electron chi connectivity index (χ1n) is 7.54. The summed E-state index contributed by atoms with van der Waals surface area (Å²) in [5, 5.41) is 11.0. The number of methoxy groups -OCH3 is 2. The van der Waals surface area contributed by atoms with Gasteiger partial charge in [0, 0.05) is 11.9 Å². The van der Waals surface area contributed by atoms with Gasteiger partial charge in [-0.25, -0.2) is 14.3 Å². The van der Waals surface area contributed by atoms with Crippen LogP contribution in [-0.4, -0.2) is 46.4 Å². The number of hydrogen-bond donors (Lipinski definition) is 0. The van der Waals surface area contributed by atoms with Gasteiger partial charge < -0.3 is 14.4 Å². The number of rotatable bonds is 4. The van der Waals surface area contributed by atoms with E-state index in [1.54, 1.807) is 47.5 Å². The minimum Gasteiger partial charge on any atom is -0.465 e. The summed E-state index contributed by atoms with van der Waals surface area (Å²) in [5.41, 5.74) is 1.53. The lowest BCUT2D eigenvalue weighted by Crippen LogP contribution is -2.26. The van der Waals surface area contributed by atoms with E-state index in [1.165, 1.54) is 31.3 Å². The largest absolute Gasteiger partial charge is 0.465 e. The maximum absolute atomic E-state index is 12.4. The molecule has 0 radical (unpaired) electrons. The Labute approximate surface area is 148 Å². The van der Waals surface area contributed by atoms with Crippen molar-refractivity contribution in [1.82, 2.24) is 20.2 Å². The summed E-state index contributed by atoms with van der Waals surface area (Å²) in [6, 6.07) is 7.10. The van der Waals surface area contributed by atoms with Crippen LogP contribution in [0, 0.1) is 0 Å². The Morgan fingerprint density at radius 3 is 2.27 bits per heavy atom. The summed E-state index contributed by atoms with van der Waals surface area (Å²) in [5.74, 6) is -1.30. The molecule has 132 valence electrons. The molecule has 2 aromatic rings. The number of allylic oxidation sites excluding steroid dienone is 2. The number of benzene rings is 1. The molecule has 0 aliphatic carbocycles. The molecule has 0 saturated carbocycles. The zero-order chi connectivity index (χ0) is 18.5. The fourth-order valence-corrected chi connectivity index (χ4v) is 2.41. The van der Waals surface area contributed by atoms with E-state index >= 15 is 0 Å². The fraction of sp³-hybridized carbons (Fsp3) is 0.118. The van der Waals surface area contributed by atoms with Crippen molar-refractivity contribution in [2.45, 2.75) is 0 Å². The molecule has 0 unspecified atom stereocenters. The fourth-order valence-electron chi connectivity index (χ4n) is 2.41. The van der Waals surface area contributed by atoms with Gasteiger partial charge in [-0.05, 0) is 46.8 Å². The molecule has 0 atom stereocenters. The standard InChI is InChI=1S/C17H15N5O4/c1-25-16(23)14-5-3-4-10-21(15(14)17(24)26-2)12-6-8-13(9-7-12)22-11-18-19-20-22/h3-11H,1-2H3. The average Bonchev–Trinajstić information content (AvgIpc) is 3.13. The number of hydrogen-bond acceptors (Lipinski definition) is 8. The van der Waals surface area contributed by atoms with E-state index < -0.39 is 11.9 Å². The number of tetrazole rings is 1. The number of esters is 2. The third-order valence-electron chi connectivity index (χ3n) is 3.63.